The van der Waals surface area contributed by atoms with Crippen molar-refractivity contribution in [2.24, 2.45) is 11.3 Å². The van der Waals surface area contributed by atoms with Gasteiger partial charge in [0.15, 0.2) is 0 Å². The van der Waals surface area contributed by atoms with Gasteiger partial charge in [0.25, 0.3) is 0 Å². The third-order valence-electron chi connectivity index (χ3n) is 5.69. The SMILES string of the molecule is CC1(C)C(Oc2ccc(C(F)(F)F)cc2)C1C(=O)OCc1cccc(Oc2ccccc2)c1. The summed E-state index contributed by atoms with van der Waals surface area (Å²) in [5.41, 5.74) is -0.465. The second kappa shape index (κ2) is 8.81. The molecule has 4 nitrogen and oxygen atoms in total. The molecule has 0 spiro atoms. The summed E-state index contributed by atoms with van der Waals surface area (Å²) in [4.78, 5) is 12.7. The second-order valence-electron chi connectivity index (χ2n) is 8.53. The quantitative estimate of drug-likeness (QED) is 0.374. The van der Waals surface area contributed by atoms with E-state index in [2.05, 4.69) is 0 Å². The largest absolute Gasteiger partial charge is 0.489 e. The lowest BCUT2D eigenvalue weighted by atomic mass is 10.1. The van der Waals surface area contributed by atoms with Crippen molar-refractivity contribution in [3.8, 4) is 17.2 Å². The van der Waals surface area contributed by atoms with Gasteiger partial charge in [0.05, 0.1) is 5.56 Å². The molecule has 33 heavy (non-hydrogen) atoms. The molecule has 2 unspecified atom stereocenters. The summed E-state index contributed by atoms with van der Waals surface area (Å²) < 4.78 is 55.3. The van der Waals surface area contributed by atoms with Crippen LogP contribution in [0.2, 0.25) is 0 Å². The molecule has 3 aromatic carbocycles. The predicted octanol–water partition coefficient (Wildman–Crippen LogP) is 6.64. The van der Waals surface area contributed by atoms with Crippen LogP contribution >= 0.6 is 0 Å². The van der Waals surface area contributed by atoms with Crippen molar-refractivity contribution in [2.75, 3.05) is 0 Å². The Morgan fingerprint density at radius 2 is 1.55 bits per heavy atom. The summed E-state index contributed by atoms with van der Waals surface area (Å²) in [7, 11) is 0. The van der Waals surface area contributed by atoms with Crippen molar-refractivity contribution < 1.29 is 32.2 Å². The summed E-state index contributed by atoms with van der Waals surface area (Å²) in [6.07, 6.45) is -4.89. The number of rotatable bonds is 7. The third-order valence-corrected chi connectivity index (χ3v) is 5.69. The lowest BCUT2D eigenvalue weighted by molar-refractivity contribution is -0.147. The smallest absolute Gasteiger partial charge is 0.416 e. The van der Waals surface area contributed by atoms with Gasteiger partial charge in [0.2, 0.25) is 0 Å². The van der Waals surface area contributed by atoms with Gasteiger partial charge in [-0.25, -0.2) is 0 Å². The Hall–Kier alpha value is -3.48. The molecule has 0 aliphatic heterocycles. The van der Waals surface area contributed by atoms with Crippen molar-refractivity contribution in [2.45, 2.75) is 32.7 Å². The fourth-order valence-corrected chi connectivity index (χ4v) is 3.67. The highest BCUT2D eigenvalue weighted by Crippen LogP contribution is 2.54. The molecule has 0 N–H and O–H groups in total. The van der Waals surface area contributed by atoms with Gasteiger partial charge in [0.1, 0.15) is 35.9 Å². The van der Waals surface area contributed by atoms with Crippen LogP contribution in [0.5, 0.6) is 17.2 Å². The molecule has 172 valence electrons. The van der Waals surface area contributed by atoms with Crippen LogP contribution in [-0.2, 0) is 22.3 Å². The zero-order valence-corrected chi connectivity index (χ0v) is 18.1. The van der Waals surface area contributed by atoms with Crippen LogP contribution in [0.4, 0.5) is 13.2 Å². The van der Waals surface area contributed by atoms with Gasteiger partial charge < -0.3 is 14.2 Å². The van der Waals surface area contributed by atoms with Crippen LogP contribution in [0.3, 0.4) is 0 Å². The van der Waals surface area contributed by atoms with E-state index in [1.165, 1.54) is 12.1 Å². The number of alkyl halides is 3. The van der Waals surface area contributed by atoms with Crippen LogP contribution < -0.4 is 9.47 Å². The normalized spacial score (nSPS) is 18.9. The first-order chi connectivity index (χ1) is 15.6. The van der Waals surface area contributed by atoms with Gasteiger partial charge in [-0.15, -0.1) is 0 Å². The molecule has 0 aromatic heterocycles. The molecule has 3 aromatic rings. The second-order valence-corrected chi connectivity index (χ2v) is 8.53. The first kappa shape index (κ1) is 22.7. The molecule has 7 heteroatoms. The molecular formula is C26H23F3O4. The number of ether oxygens (including phenoxy) is 3. The zero-order chi connectivity index (χ0) is 23.6. The Kier molecular flexibility index (Phi) is 6.06. The Morgan fingerprint density at radius 3 is 2.21 bits per heavy atom. The number of carbonyl (C=O) groups is 1. The number of carbonyl (C=O) groups excluding carboxylic acids is 1. The molecule has 0 saturated heterocycles. The summed E-state index contributed by atoms with van der Waals surface area (Å²) in [6, 6.07) is 21.1. The van der Waals surface area contributed by atoms with E-state index in [0.29, 0.717) is 11.5 Å². The van der Waals surface area contributed by atoms with Crippen LogP contribution in [0.25, 0.3) is 0 Å². The fourth-order valence-electron chi connectivity index (χ4n) is 3.67. The first-order valence-corrected chi connectivity index (χ1v) is 10.5. The minimum Gasteiger partial charge on any atom is -0.489 e. The summed E-state index contributed by atoms with van der Waals surface area (Å²) in [5, 5.41) is 0. The van der Waals surface area contributed by atoms with E-state index in [9.17, 15) is 18.0 Å². The third kappa shape index (κ3) is 5.30. The maximum atomic E-state index is 12.7. The van der Waals surface area contributed by atoms with Crippen LogP contribution in [0.1, 0.15) is 25.0 Å². The van der Waals surface area contributed by atoms with Crippen molar-refractivity contribution in [3.63, 3.8) is 0 Å². The lowest BCUT2D eigenvalue weighted by Gasteiger charge is -2.10. The van der Waals surface area contributed by atoms with Gasteiger partial charge in [-0.1, -0.05) is 44.2 Å². The van der Waals surface area contributed by atoms with E-state index >= 15 is 0 Å². The molecule has 0 bridgehead atoms. The standard InChI is InChI=1S/C26H23F3O4/c1-25(2)22(23(25)33-20-13-11-18(12-14-20)26(27,28)29)24(30)31-16-17-7-6-10-21(15-17)32-19-8-4-3-5-9-19/h3-15,22-23H,16H2,1-2H3. The highest BCUT2D eigenvalue weighted by molar-refractivity contribution is 5.78. The Bertz CT molecular complexity index is 1110. The number of esters is 1. The maximum Gasteiger partial charge on any atom is 0.416 e. The molecule has 0 radical (unpaired) electrons. The highest BCUT2D eigenvalue weighted by Gasteiger charge is 2.65. The van der Waals surface area contributed by atoms with E-state index in [-0.39, 0.29) is 12.4 Å². The topological polar surface area (TPSA) is 44.8 Å². The summed E-state index contributed by atoms with van der Waals surface area (Å²) in [6.45, 7) is 3.80. The molecule has 2 atom stereocenters. The molecule has 0 amide bonds. The molecular weight excluding hydrogens is 433 g/mol. The number of benzene rings is 3. The minimum absolute atomic E-state index is 0.0738. The van der Waals surface area contributed by atoms with Gasteiger partial charge in [-0.05, 0) is 54.1 Å². The van der Waals surface area contributed by atoms with E-state index in [1.807, 2.05) is 62.4 Å². The number of hydrogen-bond acceptors (Lipinski definition) is 4. The van der Waals surface area contributed by atoms with E-state index in [0.717, 1.165) is 17.7 Å². The van der Waals surface area contributed by atoms with Gasteiger partial charge in [0, 0.05) is 5.41 Å². The summed E-state index contributed by atoms with van der Waals surface area (Å²) in [5.74, 6) is 0.691. The molecule has 1 fully saturated rings. The fraction of sp³-hybridized carbons (Fsp3) is 0.269. The van der Waals surface area contributed by atoms with Crippen molar-refractivity contribution >= 4 is 5.97 Å². The molecule has 1 aliphatic carbocycles. The summed E-state index contributed by atoms with van der Waals surface area (Å²) >= 11 is 0. The molecule has 4 rings (SSSR count). The van der Waals surface area contributed by atoms with Crippen molar-refractivity contribution in [3.05, 3.63) is 90.0 Å². The molecule has 0 heterocycles. The van der Waals surface area contributed by atoms with Gasteiger partial charge in [-0.3, -0.25) is 4.79 Å². The number of halogens is 3. The van der Waals surface area contributed by atoms with Gasteiger partial charge in [-0.2, -0.15) is 13.2 Å². The maximum absolute atomic E-state index is 12.7. The number of para-hydroxylation sites is 1. The highest BCUT2D eigenvalue weighted by atomic mass is 19.4. The van der Waals surface area contributed by atoms with Crippen molar-refractivity contribution in [1.29, 1.82) is 0 Å². The monoisotopic (exact) mass is 456 g/mol. The minimum atomic E-state index is -4.41. The van der Waals surface area contributed by atoms with E-state index < -0.39 is 35.1 Å². The molecule has 1 aliphatic rings. The lowest BCUT2D eigenvalue weighted by Crippen LogP contribution is -2.12. The average molecular weight is 456 g/mol. The van der Waals surface area contributed by atoms with Crippen molar-refractivity contribution in [1.82, 2.24) is 0 Å². The Morgan fingerprint density at radius 1 is 0.879 bits per heavy atom. The van der Waals surface area contributed by atoms with E-state index in [4.69, 9.17) is 14.2 Å². The zero-order valence-electron chi connectivity index (χ0n) is 18.1. The van der Waals surface area contributed by atoms with Crippen LogP contribution in [0, 0.1) is 11.3 Å². The van der Waals surface area contributed by atoms with E-state index in [1.54, 1.807) is 6.07 Å². The first-order valence-electron chi connectivity index (χ1n) is 10.5. The van der Waals surface area contributed by atoms with Crippen LogP contribution in [0.15, 0.2) is 78.9 Å². The Labute approximate surface area is 189 Å². The predicted molar refractivity (Wildman–Crippen MR) is 116 cm³/mol. The van der Waals surface area contributed by atoms with Gasteiger partial charge >= 0.3 is 12.1 Å². The average Bonchev–Trinajstić information content (AvgIpc) is 3.32. The molecule has 1 saturated carbocycles. The van der Waals surface area contributed by atoms with Crippen LogP contribution in [-0.4, -0.2) is 12.1 Å². The number of hydrogen-bond donors (Lipinski definition) is 0. The Balaban J connectivity index is 1.34.